The Morgan fingerprint density at radius 3 is 1.57 bits per heavy atom. The van der Waals surface area contributed by atoms with E-state index in [0.717, 1.165) is 12.2 Å². The van der Waals surface area contributed by atoms with Gasteiger partial charge in [0.25, 0.3) is 0 Å². The second-order valence-corrected chi connectivity index (χ2v) is 12.2. The van der Waals surface area contributed by atoms with Crippen LogP contribution >= 0.6 is 11.8 Å². The smallest absolute Gasteiger partial charge is 0.326 e. The highest BCUT2D eigenvalue weighted by Gasteiger charge is 2.25. The molecule has 0 aromatic heterocycles. The van der Waals surface area contributed by atoms with Crippen molar-refractivity contribution >= 4 is 35.5 Å². The summed E-state index contributed by atoms with van der Waals surface area (Å²) in [7, 11) is 0. The molecular formula is C31H59N3O5S. The molecule has 0 heterocycles. The number of carbonyl (C=O) groups is 4. The van der Waals surface area contributed by atoms with E-state index < -0.39 is 24.0 Å². The van der Waals surface area contributed by atoms with Crippen molar-refractivity contribution in [3.8, 4) is 0 Å². The number of hydrogen-bond acceptors (Lipinski definition) is 5. The van der Waals surface area contributed by atoms with E-state index in [4.69, 9.17) is 0 Å². The lowest BCUT2D eigenvalue weighted by Crippen LogP contribution is -2.52. The first-order valence-corrected chi connectivity index (χ1v) is 17.1. The minimum atomic E-state index is -1.10. The number of carbonyl (C=O) groups excluding carboxylic acids is 3. The number of amides is 3. The van der Waals surface area contributed by atoms with Crippen molar-refractivity contribution in [1.29, 1.82) is 0 Å². The topological polar surface area (TPSA) is 125 Å². The lowest BCUT2D eigenvalue weighted by molar-refractivity contribution is -0.142. The standard InChI is InChI=1S/C31H59N3O5S/c1-4-5-6-7-8-9-10-11-12-13-14-15-16-17-18-21-24-40-25-29(33-27(3)36)30(37)34-28(31(38)39)22-19-20-23-32-26(2)35/h28-29H,4-25H2,1-3H3,(H,32,35)(H,33,36)(H,34,37)(H,38,39)/t28-,29-/m0/s1. The van der Waals surface area contributed by atoms with Gasteiger partial charge in [-0.1, -0.05) is 103 Å². The molecule has 0 radical (unpaired) electrons. The number of unbranched alkanes of at least 4 members (excludes halogenated alkanes) is 16. The monoisotopic (exact) mass is 585 g/mol. The molecule has 0 aromatic carbocycles. The van der Waals surface area contributed by atoms with Gasteiger partial charge in [0.1, 0.15) is 12.1 Å². The third-order valence-corrected chi connectivity index (χ3v) is 8.18. The van der Waals surface area contributed by atoms with Crippen LogP contribution in [0.3, 0.4) is 0 Å². The third-order valence-electron chi connectivity index (χ3n) is 7.03. The number of thioether (sulfide) groups is 1. The number of aliphatic carboxylic acids is 1. The summed E-state index contributed by atoms with van der Waals surface area (Å²) >= 11 is 1.62. The molecule has 0 fully saturated rings. The van der Waals surface area contributed by atoms with E-state index >= 15 is 0 Å². The van der Waals surface area contributed by atoms with Gasteiger partial charge in [0, 0.05) is 26.1 Å². The van der Waals surface area contributed by atoms with Gasteiger partial charge in [-0.15, -0.1) is 0 Å². The van der Waals surface area contributed by atoms with Crippen LogP contribution in [0.25, 0.3) is 0 Å². The minimum Gasteiger partial charge on any atom is -0.480 e. The summed E-state index contributed by atoms with van der Waals surface area (Å²) in [5, 5.41) is 17.4. The summed E-state index contributed by atoms with van der Waals surface area (Å²) < 4.78 is 0. The number of carboxylic acids is 1. The van der Waals surface area contributed by atoms with Crippen LogP contribution in [0, 0.1) is 0 Å². The SMILES string of the molecule is CCCCCCCCCCCCCCCCCCSC[C@H](NC(C)=O)C(=O)N[C@@H](CCCCNC(C)=O)C(=O)O. The van der Waals surface area contributed by atoms with E-state index in [9.17, 15) is 24.3 Å². The molecular weight excluding hydrogens is 526 g/mol. The molecule has 40 heavy (non-hydrogen) atoms. The second kappa shape index (κ2) is 27.4. The number of nitrogens with one attached hydrogen (secondary N) is 3. The van der Waals surface area contributed by atoms with Crippen LogP contribution in [0.5, 0.6) is 0 Å². The second-order valence-electron chi connectivity index (χ2n) is 11.0. The molecule has 0 bridgehead atoms. The summed E-state index contributed by atoms with van der Waals surface area (Å²) in [6, 6.07) is -1.78. The highest BCUT2D eigenvalue weighted by molar-refractivity contribution is 7.99. The fourth-order valence-corrected chi connectivity index (χ4v) is 5.69. The molecule has 0 spiro atoms. The Morgan fingerprint density at radius 1 is 0.625 bits per heavy atom. The molecule has 0 aliphatic rings. The van der Waals surface area contributed by atoms with E-state index in [2.05, 4.69) is 22.9 Å². The molecule has 0 rings (SSSR count). The van der Waals surface area contributed by atoms with E-state index in [0.29, 0.717) is 25.1 Å². The summed E-state index contributed by atoms with van der Waals surface area (Å²) in [5.41, 5.74) is 0. The number of hydrogen-bond donors (Lipinski definition) is 4. The summed E-state index contributed by atoms with van der Waals surface area (Å²) in [6.45, 7) is 5.53. The summed E-state index contributed by atoms with van der Waals surface area (Å²) in [4.78, 5) is 46.9. The molecule has 0 aliphatic carbocycles. The van der Waals surface area contributed by atoms with Crippen LogP contribution in [-0.4, -0.2) is 58.9 Å². The molecule has 0 saturated carbocycles. The maximum atomic E-state index is 12.7. The van der Waals surface area contributed by atoms with Crippen LogP contribution in [-0.2, 0) is 19.2 Å². The van der Waals surface area contributed by atoms with Crippen molar-refractivity contribution in [2.75, 3.05) is 18.1 Å². The molecule has 4 N–H and O–H groups in total. The Morgan fingerprint density at radius 2 is 1.12 bits per heavy atom. The number of rotatable bonds is 28. The van der Waals surface area contributed by atoms with Crippen molar-refractivity contribution in [3.05, 3.63) is 0 Å². The Balaban J connectivity index is 3.94. The zero-order valence-electron chi connectivity index (χ0n) is 25.7. The first-order chi connectivity index (χ1) is 19.3. The predicted octanol–water partition coefficient (Wildman–Crippen LogP) is 6.36. The maximum Gasteiger partial charge on any atom is 0.326 e. The Kier molecular flexibility index (Phi) is 26.2. The zero-order chi connectivity index (χ0) is 29.8. The van der Waals surface area contributed by atoms with Crippen molar-refractivity contribution < 1.29 is 24.3 Å². The van der Waals surface area contributed by atoms with Crippen LogP contribution in [0.2, 0.25) is 0 Å². The number of carboxylic acid groups (broad SMARTS) is 1. The van der Waals surface area contributed by atoms with Crippen molar-refractivity contribution in [1.82, 2.24) is 16.0 Å². The van der Waals surface area contributed by atoms with E-state index in [-0.39, 0.29) is 18.2 Å². The molecule has 0 aliphatic heterocycles. The Bertz CT molecular complexity index is 677. The van der Waals surface area contributed by atoms with Gasteiger partial charge in [-0.2, -0.15) is 11.8 Å². The summed E-state index contributed by atoms with van der Waals surface area (Å²) in [6.07, 6.45) is 22.7. The van der Waals surface area contributed by atoms with E-state index in [1.54, 1.807) is 11.8 Å². The Hall–Kier alpha value is -1.77. The van der Waals surface area contributed by atoms with E-state index in [1.807, 2.05) is 0 Å². The van der Waals surface area contributed by atoms with Crippen LogP contribution < -0.4 is 16.0 Å². The van der Waals surface area contributed by atoms with Gasteiger partial charge >= 0.3 is 5.97 Å². The molecule has 234 valence electrons. The van der Waals surface area contributed by atoms with Gasteiger partial charge in [-0.05, 0) is 31.4 Å². The average Bonchev–Trinajstić information content (AvgIpc) is 2.90. The van der Waals surface area contributed by atoms with Gasteiger partial charge in [0.15, 0.2) is 0 Å². The van der Waals surface area contributed by atoms with E-state index in [1.165, 1.54) is 110 Å². The zero-order valence-corrected chi connectivity index (χ0v) is 26.5. The predicted molar refractivity (Wildman–Crippen MR) is 167 cm³/mol. The minimum absolute atomic E-state index is 0.127. The van der Waals surface area contributed by atoms with Crippen molar-refractivity contribution in [3.63, 3.8) is 0 Å². The average molecular weight is 586 g/mol. The van der Waals surface area contributed by atoms with Gasteiger partial charge in [0.2, 0.25) is 17.7 Å². The lowest BCUT2D eigenvalue weighted by Gasteiger charge is -2.21. The fourth-order valence-electron chi connectivity index (χ4n) is 4.65. The largest absolute Gasteiger partial charge is 0.480 e. The highest BCUT2D eigenvalue weighted by atomic mass is 32.2. The van der Waals surface area contributed by atoms with Gasteiger partial charge in [0.05, 0.1) is 0 Å². The van der Waals surface area contributed by atoms with Crippen molar-refractivity contribution in [2.45, 2.75) is 155 Å². The molecule has 0 saturated heterocycles. The molecule has 3 amide bonds. The first kappa shape index (κ1) is 38.2. The van der Waals surface area contributed by atoms with Gasteiger partial charge < -0.3 is 21.1 Å². The molecule has 0 unspecified atom stereocenters. The van der Waals surface area contributed by atoms with Gasteiger partial charge in [-0.3, -0.25) is 14.4 Å². The fraction of sp³-hybridized carbons (Fsp3) is 0.871. The van der Waals surface area contributed by atoms with Crippen LogP contribution in [0.4, 0.5) is 0 Å². The molecule has 8 nitrogen and oxygen atoms in total. The first-order valence-electron chi connectivity index (χ1n) is 15.9. The molecule has 9 heteroatoms. The third kappa shape index (κ3) is 25.2. The maximum absolute atomic E-state index is 12.7. The summed E-state index contributed by atoms with van der Waals surface area (Å²) in [5.74, 6) is -0.685. The highest BCUT2D eigenvalue weighted by Crippen LogP contribution is 2.15. The lowest BCUT2D eigenvalue weighted by atomic mass is 10.0. The normalized spacial score (nSPS) is 12.5. The van der Waals surface area contributed by atoms with Crippen LogP contribution in [0.15, 0.2) is 0 Å². The Labute approximate surface area is 248 Å². The van der Waals surface area contributed by atoms with Crippen LogP contribution in [0.1, 0.15) is 143 Å². The molecule has 0 aromatic rings. The van der Waals surface area contributed by atoms with Gasteiger partial charge in [-0.25, -0.2) is 4.79 Å². The molecule has 2 atom stereocenters. The van der Waals surface area contributed by atoms with Crippen molar-refractivity contribution in [2.24, 2.45) is 0 Å². The quantitative estimate of drug-likeness (QED) is 0.0792.